The van der Waals surface area contributed by atoms with Crippen molar-refractivity contribution in [3.63, 3.8) is 0 Å². The Bertz CT molecular complexity index is 1280. The van der Waals surface area contributed by atoms with Gasteiger partial charge >= 0.3 is 0 Å². The first kappa shape index (κ1) is 22.7. The Kier molecular flexibility index (Phi) is 7.18. The third-order valence-electron chi connectivity index (χ3n) is 5.22. The molecule has 33 heavy (non-hydrogen) atoms. The summed E-state index contributed by atoms with van der Waals surface area (Å²) in [6.45, 7) is 3.82. The summed E-state index contributed by atoms with van der Waals surface area (Å²) in [5.74, 6) is 12.1. The summed E-state index contributed by atoms with van der Waals surface area (Å²) in [4.78, 5) is 14.2. The number of hydrogen-bond donors (Lipinski definition) is 2. The van der Waals surface area contributed by atoms with Gasteiger partial charge in [0.15, 0.2) is 0 Å². The normalized spacial score (nSPS) is 10.9. The first-order valence-corrected chi connectivity index (χ1v) is 15.1. The van der Waals surface area contributed by atoms with Crippen molar-refractivity contribution in [2.24, 2.45) is 0 Å². The van der Waals surface area contributed by atoms with Gasteiger partial charge in [-0.25, -0.2) is 0 Å². The highest BCUT2D eigenvalue weighted by Crippen LogP contribution is 2.50. The van der Waals surface area contributed by atoms with E-state index in [4.69, 9.17) is 0 Å². The van der Waals surface area contributed by atoms with Gasteiger partial charge in [-0.05, 0) is 105 Å². The molecule has 0 aliphatic carbocycles. The van der Waals surface area contributed by atoms with E-state index in [1.165, 1.54) is 14.7 Å². The van der Waals surface area contributed by atoms with Crippen LogP contribution in [0.2, 0.25) is 13.1 Å². The van der Waals surface area contributed by atoms with Crippen molar-refractivity contribution in [2.45, 2.75) is 27.8 Å². The van der Waals surface area contributed by atoms with Gasteiger partial charge in [0.05, 0.1) is 0 Å². The zero-order valence-electron chi connectivity index (χ0n) is 18.8. The van der Waals surface area contributed by atoms with Crippen LogP contribution in [0.5, 0.6) is 0 Å². The molecule has 0 radical (unpaired) electrons. The van der Waals surface area contributed by atoms with E-state index in [1.807, 2.05) is 37.4 Å². The SMILES string of the molecule is C[Si](C)(O)c1ccc(C#CC#Cc2ccc([SH](c3ccccc3)c3ccccc3)cc2)cc1. The van der Waals surface area contributed by atoms with Gasteiger partial charge in [-0.15, -0.1) is 0 Å². The standard InChI is InChI=1S/C30H26OSSi/c1-33(2,31)30-23-19-26(20-24-30)12-10-9-11-25-17-21-29(22-18-25)32(27-13-5-3-6-14-27)28-15-7-4-8-16-28/h3-8,13-24,31-32H,1-2H3. The van der Waals surface area contributed by atoms with Gasteiger partial charge in [-0.3, -0.25) is 0 Å². The van der Waals surface area contributed by atoms with Crippen LogP contribution < -0.4 is 5.19 Å². The highest BCUT2D eigenvalue weighted by atomic mass is 32.2. The van der Waals surface area contributed by atoms with Crippen molar-refractivity contribution < 1.29 is 4.80 Å². The maximum absolute atomic E-state index is 10.2. The van der Waals surface area contributed by atoms with Crippen LogP contribution in [-0.4, -0.2) is 13.1 Å². The van der Waals surface area contributed by atoms with E-state index in [0.29, 0.717) is 0 Å². The van der Waals surface area contributed by atoms with E-state index in [9.17, 15) is 4.80 Å². The average Bonchev–Trinajstić information content (AvgIpc) is 2.84. The van der Waals surface area contributed by atoms with Crippen molar-refractivity contribution in [3.8, 4) is 23.7 Å². The van der Waals surface area contributed by atoms with Crippen molar-refractivity contribution in [1.82, 2.24) is 0 Å². The molecule has 0 saturated carbocycles. The molecule has 162 valence electrons. The molecule has 0 unspecified atom stereocenters. The first-order chi connectivity index (χ1) is 16.0. The molecule has 0 fully saturated rings. The minimum absolute atomic E-state index is 0.607. The fraction of sp³-hybridized carbons (Fsp3) is 0.0667. The Morgan fingerprint density at radius 1 is 0.545 bits per heavy atom. The van der Waals surface area contributed by atoms with E-state index >= 15 is 0 Å². The highest BCUT2D eigenvalue weighted by molar-refractivity contribution is 8.17. The van der Waals surface area contributed by atoms with Crippen molar-refractivity contribution in [1.29, 1.82) is 0 Å². The molecule has 0 bridgehead atoms. The Labute approximate surface area is 200 Å². The highest BCUT2D eigenvalue weighted by Gasteiger charge is 2.19. The van der Waals surface area contributed by atoms with Crippen LogP contribution in [0.3, 0.4) is 0 Å². The minimum Gasteiger partial charge on any atom is -0.428 e. The minimum atomic E-state index is -2.27. The predicted octanol–water partition coefficient (Wildman–Crippen LogP) is 5.97. The number of rotatable bonds is 4. The molecule has 0 saturated heterocycles. The van der Waals surface area contributed by atoms with Crippen LogP contribution in [0.15, 0.2) is 124 Å². The summed E-state index contributed by atoms with van der Waals surface area (Å²) in [5, 5.41) is 1.00. The lowest BCUT2D eigenvalue weighted by Gasteiger charge is -2.23. The summed E-state index contributed by atoms with van der Waals surface area (Å²) in [5.41, 5.74) is 1.85. The quantitative estimate of drug-likeness (QED) is 0.217. The lowest BCUT2D eigenvalue weighted by atomic mass is 10.2. The van der Waals surface area contributed by atoms with E-state index in [-0.39, 0.29) is 0 Å². The topological polar surface area (TPSA) is 20.2 Å². The Morgan fingerprint density at radius 3 is 1.36 bits per heavy atom. The average molecular weight is 463 g/mol. The first-order valence-electron chi connectivity index (χ1n) is 10.9. The summed E-state index contributed by atoms with van der Waals surface area (Å²) in [7, 11) is -2.88. The van der Waals surface area contributed by atoms with Gasteiger partial charge in [0.1, 0.15) is 0 Å². The van der Waals surface area contributed by atoms with Gasteiger partial charge < -0.3 is 4.80 Å². The van der Waals surface area contributed by atoms with Gasteiger partial charge in [0.25, 0.3) is 0 Å². The smallest absolute Gasteiger partial charge is 0.213 e. The molecule has 0 amide bonds. The monoisotopic (exact) mass is 462 g/mol. The van der Waals surface area contributed by atoms with Crippen LogP contribution >= 0.6 is 10.9 Å². The molecule has 4 aromatic rings. The molecule has 0 aliphatic rings. The van der Waals surface area contributed by atoms with Crippen molar-refractivity contribution in [3.05, 3.63) is 120 Å². The third-order valence-corrected chi connectivity index (χ3v) is 9.41. The van der Waals surface area contributed by atoms with Crippen LogP contribution in [0, 0.1) is 23.7 Å². The largest absolute Gasteiger partial charge is 0.428 e. The molecule has 0 aliphatic heterocycles. The van der Waals surface area contributed by atoms with Gasteiger partial charge in [-0.2, -0.15) is 10.9 Å². The molecule has 0 aromatic heterocycles. The van der Waals surface area contributed by atoms with Gasteiger partial charge in [-0.1, -0.05) is 60.4 Å². The second-order valence-electron chi connectivity index (χ2n) is 8.19. The van der Waals surface area contributed by atoms with E-state index in [1.54, 1.807) is 0 Å². The van der Waals surface area contributed by atoms with E-state index in [0.717, 1.165) is 16.3 Å². The summed E-state index contributed by atoms with van der Waals surface area (Å²) >= 11 is 0. The van der Waals surface area contributed by atoms with Crippen LogP contribution in [0.4, 0.5) is 0 Å². The number of hydrogen-bond acceptors (Lipinski definition) is 1. The van der Waals surface area contributed by atoms with Crippen LogP contribution in [-0.2, 0) is 0 Å². The Balaban J connectivity index is 1.52. The Morgan fingerprint density at radius 2 is 0.939 bits per heavy atom. The molecule has 0 spiro atoms. The molecule has 1 N–H and O–H groups in total. The summed E-state index contributed by atoms with van der Waals surface area (Å²) in [6.07, 6.45) is 0. The maximum Gasteiger partial charge on any atom is 0.213 e. The number of benzene rings is 4. The van der Waals surface area contributed by atoms with Crippen LogP contribution in [0.25, 0.3) is 0 Å². The zero-order valence-corrected chi connectivity index (χ0v) is 20.7. The molecule has 4 aromatic carbocycles. The molecule has 0 atom stereocenters. The third kappa shape index (κ3) is 6.07. The van der Waals surface area contributed by atoms with Crippen molar-refractivity contribution >= 4 is 24.4 Å². The summed E-state index contributed by atoms with van der Waals surface area (Å²) < 4.78 is 0. The fourth-order valence-electron chi connectivity index (χ4n) is 3.46. The van der Waals surface area contributed by atoms with E-state index < -0.39 is 19.2 Å². The molecule has 1 nitrogen and oxygen atoms in total. The second-order valence-corrected chi connectivity index (χ2v) is 14.1. The lowest BCUT2D eigenvalue weighted by molar-refractivity contribution is 0.568. The maximum atomic E-state index is 10.2. The molecular weight excluding hydrogens is 436 g/mol. The van der Waals surface area contributed by atoms with E-state index in [2.05, 4.69) is 109 Å². The molecule has 0 heterocycles. The predicted molar refractivity (Wildman–Crippen MR) is 143 cm³/mol. The second kappa shape index (κ2) is 10.4. The van der Waals surface area contributed by atoms with Crippen LogP contribution in [0.1, 0.15) is 11.1 Å². The molecule has 4 rings (SSSR count). The molecule has 3 heteroatoms. The summed E-state index contributed by atoms with van der Waals surface area (Å²) in [6, 6.07) is 37.7. The fourth-order valence-corrected chi connectivity index (χ4v) is 6.73. The Hall–Kier alpha value is -3.47. The number of thiol groups is 1. The molecular formula is C30H26OSSi. The van der Waals surface area contributed by atoms with Crippen molar-refractivity contribution in [2.75, 3.05) is 0 Å². The van der Waals surface area contributed by atoms with Gasteiger partial charge in [0.2, 0.25) is 8.32 Å². The lowest BCUT2D eigenvalue weighted by Crippen LogP contribution is -2.41. The zero-order chi connectivity index (χ0) is 23.1. The van der Waals surface area contributed by atoms with Gasteiger partial charge in [0, 0.05) is 11.1 Å².